The lowest BCUT2D eigenvalue weighted by Crippen LogP contribution is -2.37. The molecule has 1 aromatic carbocycles. The molecule has 1 aliphatic carbocycles. The van der Waals surface area contributed by atoms with Crippen LogP contribution in [0.5, 0.6) is 5.75 Å². The van der Waals surface area contributed by atoms with E-state index in [1.165, 1.54) is 24.0 Å². The average Bonchev–Trinajstić information content (AvgIpc) is 2.53. The Morgan fingerprint density at radius 3 is 2.73 bits per heavy atom. The number of halogens is 1. The van der Waals surface area contributed by atoms with Gasteiger partial charge in [0.2, 0.25) is 0 Å². The number of aryl methyl sites for hydroxylation is 1. The third-order valence-electron chi connectivity index (χ3n) is 4.35. The highest BCUT2D eigenvalue weighted by molar-refractivity contribution is 14.0. The van der Waals surface area contributed by atoms with Gasteiger partial charge in [0.25, 0.3) is 0 Å². The Morgan fingerprint density at radius 2 is 2.09 bits per heavy atom. The Labute approximate surface area is 151 Å². The van der Waals surface area contributed by atoms with Crippen LogP contribution in [0.25, 0.3) is 0 Å². The van der Waals surface area contributed by atoms with E-state index < -0.39 is 0 Å². The van der Waals surface area contributed by atoms with Crippen molar-refractivity contribution in [2.45, 2.75) is 39.0 Å². The van der Waals surface area contributed by atoms with E-state index in [-0.39, 0.29) is 24.0 Å². The number of rotatable bonds is 5. The molecule has 0 saturated heterocycles. The largest absolute Gasteiger partial charge is 0.497 e. The fourth-order valence-corrected chi connectivity index (χ4v) is 3.06. The molecule has 4 nitrogen and oxygen atoms in total. The minimum atomic E-state index is 0. The van der Waals surface area contributed by atoms with Gasteiger partial charge in [0.15, 0.2) is 5.96 Å². The molecule has 0 saturated carbocycles. The number of aliphatic imine (C=N–C) groups is 1. The van der Waals surface area contributed by atoms with Gasteiger partial charge in [-0.1, -0.05) is 6.07 Å². The highest BCUT2D eigenvalue weighted by Crippen LogP contribution is 2.33. The third-order valence-corrected chi connectivity index (χ3v) is 4.35. The molecule has 124 valence electrons. The highest BCUT2D eigenvalue weighted by Gasteiger charge is 2.20. The van der Waals surface area contributed by atoms with E-state index in [4.69, 9.17) is 10.5 Å². The number of nitrogens with zero attached hydrogens (tertiary/aromatic N) is 2. The summed E-state index contributed by atoms with van der Waals surface area (Å²) in [5.41, 5.74) is 8.90. The predicted octanol–water partition coefficient (Wildman–Crippen LogP) is 3.39. The number of fused-ring (bicyclic) bond motifs is 1. The summed E-state index contributed by atoms with van der Waals surface area (Å²) in [5.74, 6) is 2.09. The van der Waals surface area contributed by atoms with Crippen molar-refractivity contribution in [3.05, 3.63) is 29.3 Å². The number of nitrogens with two attached hydrogens (primary N) is 1. The summed E-state index contributed by atoms with van der Waals surface area (Å²) in [7, 11) is 1.72. The molecule has 0 heterocycles. The number of ether oxygens (including phenoxy) is 1. The zero-order valence-corrected chi connectivity index (χ0v) is 16.2. The quantitative estimate of drug-likeness (QED) is 0.454. The van der Waals surface area contributed by atoms with Crippen molar-refractivity contribution in [2.75, 3.05) is 26.7 Å². The van der Waals surface area contributed by atoms with Crippen LogP contribution >= 0.6 is 24.0 Å². The number of hydrogen-bond donors (Lipinski definition) is 1. The van der Waals surface area contributed by atoms with Crippen LogP contribution in [0.4, 0.5) is 0 Å². The Bertz CT molecular complexity index is 501. The molecule has 1 atom stereocenters. The molecule has 5 heteroatoms. The molecule has 0 radical (unpaired) electrons. The van der Waals surface area contributed by atoms with Crippen LogP contribution in [0.15, 0.2) is 23.2 Å². The molecule has 1 unspecified atom stereocenters. The highest BCUT2D eigenvalue weighted by atomic mass is 127. The second kappa shape index (κ2) is 9.22. The monoisotopic (exact) mass is 417 g/mol. The van der Waals surface area contributed by atoms with Crippen LogP contribution < -0.4 is 10.5 Å². The molecule has 0 aromatic heterocycles. The van der Waals surface area contributed by atoms with Gasteiger partial charge < -0.3 is 15.4 Å². The molecule has 1 aliphatic rings. The minimum Gasteiger partial charge on any atom is -0.497 e. The van der Waals surface area contributed by atoms with Gasteiger partial charge in [0, 0.05) is 25.6 Å². The van der Waals surface area contributed by atoms with Gasteiger partial charge in [-0.15, -0.1) is 24.0 Å². The molecular formula is C17H28IN3O. The molecule has 0 fully saturated rings. The number of guanidine groups is 1. The van der Waals surface area contributed by atoms with Crippen LogP contribution in [0.2, 0.25) is 0 Å². The summed E-state index contributed by atoms with van der Waals surface area (Å²) >= 11 is 0. The van der Waals surface area contributed by atoms with Crippen LogP contribution in [0.3, 0.4) is 0 Å². The molecule has 0 amide bonds. The molecule has 22 heavy (non-hydrogen) atoms. The number of methoxy groups -OCH3 is 1. The fraction of sp³-hybridized carbons (Fsp3) is 0.588. The first kappa shape index (κ1) is 19.1. The maximum absolute atomic E-state index is 6.08. The maximum atomic E-state index is 6.08. The van der Waals surface area contributed by atoms with Gasteiger partial charge in [-0.2, -0.15) is 0 Å². The first-order valence-corrected chi connectivity index (χ1v) is 7.91. The lowest BCUT2D eigenvalue weighted by molar-refractivity contribution is 0.413. The second-order valence-corrected chi connectivity index (χ2v) is 5.53. The second-order valence-electron chi connectivity index (χ2n) is 5.53. The molecule has 2 N–H and O–H groups in total. The van der Waals surface area contributed by atoms with Gasteiger partial charge >= 0.3 is 0 Å². The molecular weight excluding hydrogens is 389 g/mol. The average molecular weight is 417 g/mol. The Hall–Kier alpha value is -0.980. The van der Waals surface area contributed by atoms with Gasteiger partial charge in [0.1, 0.15) is 5.75 Å². The topological polar surface area (TPSA) is 50.8 Å². The smallest absolute Gasteiger partial charge is 0.191 e. The van der Waals surface area contributed by atoms with E-state index in [0.29, 0.717) is 11.9 Å². The summed E-state index contributed by atoms with van der Waals surface area (Å²) in [6.07, 6.45) is 3.54. The van der Waals surface area contributed by atoms with Gasteiger partial charge in [-0.3, -0.25) is 4.99 Å². The number of hydrogen-bond acceptors (Lipinski definition) is 2. The Balaban J connectivity index is 0.00000242. The molecule has 1 aromatic rings. The lowest BCUT2D eigenvalue weighted by Gasteiger charge is -2.26. The summed E-state index contributed by atoms with van der Waals surface area (Å²) in [6, 6.07) is 6.41. The molecule has 2 rings (SSSR count). The SMILES string of the molecule is CCN(CC)C(N)=NCC1CCCc2cc(OC)ccc21.I. The van der Waals surface area contributed by atoms with Gasteiger partial charge in [0.05, 0.1) is 7.11 Å². The standard InChI is InChI=1S/C17H27N3O.HI/c1-4-20(5-2)17(18)19-12-14-8-6-7-13-11-15(21-3)9-10-16(13)14;/h9-11,14H,4-8,12H2,1-3H3,(H2,18,19);1H. The van der Waals surface area contributed by atoms with Crippen LogP contribution in [0, 0.1) is 0 Å². The summed E-state index contributed by atoms with van der Waals surface area (Å²) in [5, 5.41) is 0. The van der Waals surface area contributed by atoms with Crippen molar-refractivity contribution in [1.29, 1.82) is 0 Å². The van der Waals surface area contributed by atoms with Crippen molar-refractivity contribution in [1.82, 2.24) is 4.90 Å². The van der Waals surface area contributed by atoms with E-state index in [9.17, 15) is 0 Å². The van der Waals surface area contributed by atoms with Crippen molar-refractivity contribution in [3.8, 4) is 5.75 Å². The van der Waals surface area contributed by atoms with Crippen molar-refractivity contribution >= 4 is 29.9 Å². The zero-order chi connectivity index (χ0) is 15.2. The zero-order valence-electron chi connectivity index (χ0n) is 13.8. The fourth-order valence-electron chi connectivity index (χ4n) is 3.06. The van der Waals surface area contributed by atoms with Crippen molar-refractivity contribution in [2.24, 2.45) is 10.7 Å². The number of benzene rings is 1. The molecule has 0 spiro atoms. The molecule has 0 aliphatic heterocycles. The molecule has 0 bridgehead atoms. The lowest BCUT2D eigenvalue weighted by atomic mass is 9.83. The Morgan fingerprint density at radius 1 is 1.36 bits per heavy atom. The van der Waals surface area contributed by atoms with E-state index in [1.807, 2.05) is 0 Å². The van der Waals surface area contributed by atoms with Crippen molar-refractivity contribution in [3.63, 3.8) is 0 Å². The predicted molar refractivity (Wildman–Crippen MR) is 103 cm³/mol. The minimum absolute atomic E-state index is 0. The van der Waals surface area contributed by atoms with E-state index >= 15 is 0 Å². The maximum Gasteiger partial charge on any atom is 0.191 e. The summed E-state index contributed by atoms with van der Waals surface area (Å²) < 4.78 is 5.32. The van der Waals surface area contributed by atoms with E-state index in [0.717, 1.165) is 31.8 Å². The third kappa shape index (κ3) is 4.51. The Kier molecular flexibility index (Phi) is 8.00. The normalized spacial score (nSPS) is 17.4. The first-order valence-electron chi connectivity index (χ1n) is 7.91. The van der Waals surface area contributed by atoms with Crippen LogP contribution in [0.1, 0.15) is 43.7 Å². The van der Waals surface area contributed by atoms with Crippen molar-refractivity contribution < 1.29 is 4.74 Å². The first-order chi connectivity index (χ1) is 10.2. The van der Waals surface area contributed by atoms with Gasteiger partial charge in [-0.25, -0.2) is 0 Å². The van der Waals surface area contributed by atoms with Crippen LogP contribution in [-0.2, 0) is 6.42 Å². The van der Waals surface area contributed by atoms with E-state index in [1.54, 1.807) is 7.11 Å². The summed E-state index contributed by atoms with van der Waals surface area (Å²) in [6.45, 7) is 6.80. The van der Waals surface area contributed by atoms with Gasteiger partial charge in [-0.05, 0) is 56.4 Å². The van der Waals surface area contributed by atoms with E-state index in [2.05, 4.69) is 41.9 Å². The van der Waals surface area contributed by atoms with Crippen LogP contribution in [-0.4, -0.2) is 37.6 Å². The summed E-state index contributed by atoms with van der Waals surface area (Å²) in [4.78, 5) is 6.72.